The number of benzene rings is 1. The lowest BCUT2D eigenvalue weighted by Gasteiger charge is -2.20. The van der Waals surface area contributed by atoms with Crippen LogP contribution in [-0.2, 0) is 4.74 Å². The van der Waals surface area contributed by atoms with Crippen LogP contribution in [0.15, 0.2) is 29.3 Å². The molecule has 0 spiro atoms. The number of aliphatic imine (C=N–C) groups is 1. The monoisotopic (exact) mass is 464 g/mol. The van der Waals surface area contributed by atoms with Gasteiger partial charge in [0.2, 0.25) is 0 Å². The Morgan fingerprint density at radius 2 is 2.24 bits per heavy atom. The van der Waals surface area contributed by atoms with Gasteiger partial charge in [-0.3, -0.25) is 4.99 Å². The van der Waals surface area contributed by atoms with Crippen LogP contribution in [0, 0.1) is 5.82 Å². The maximum atomic E-state index is 13.2. The second kappa shape index (κ2) is 12.3. The Morgan fingerprint density at radius 1 is 1.40 bits per heavy atom. The molecule has 2 rings (SSSR count). The number of halogens is 2. The first-order valence-electron chi connectivity index (χ1n) is 8.79. The molecular formula is C18H30FIN4O. The van der Waals surface area contributed by atoms with E-state index in [1.165, 1.54) is 6.07 Å². The summed E-state index contributed by atoms with van der Waals surface area (Å²) in [5.74, 6) is 0.634. The molecule has 1 unspecified atom stereocenters. The third kappa shape index (κ3) is 8.22. The third-order valence-electron chi connectivity index (χ3n) is 4.03. The van der Waals surface area contributed by atoms with Gasteiger partial charge in [-0.1, -0.05) is 6.07 Å². The van der Waals surface area contributed by atoms with Crippen LogP contribution in [0.5, 0.6) is 0 Å². The highest BCUT2D eigenvalue weighted by Crippen LogP contribution is 2.14. The number of hydrogen-bond donors (Lipinski definition) is 2. The van der Waals surface area contributed by atoms with E-state index in [0.717, 1.165) is 57.2 Å². The van der Waals surface area contributed by atoms with E-state index in [9.17, 15) is 4.39 Å². The average Bonchev–Trinajstić information content (AvgIpc) is 3.09. The van der Waals surface area contributed by atoms with Gasteiger partial charge in [-0.05, 0) is 44.4 Å². The summed E-state index contributed by atoms with van der Waals surface area (Å²) in [7, 11) is 1.98. The van der Waals surface area contributed by atoms with Crippen molar-refractivity contribution in [1.82, 2.24) is 10.6 Å². The van der Waals surface area contributed by atoms with E-state index in [4.69, 9.17) is 4.74 Å². The molecule has 1 fully saturated rings. The fourth-order valence-electron chi connectivity index (χ4n) is 2.69. The first-order chi connectivity index (χ1) is 11.7. The van der Waals surface area contributed by atoms with E-state index in [-0.39, 0.29) is 35.9 Å². The highest BCUT2D eigenvalue weighted by atomic mass is 127. The lowest BCUT2D eigenvalue weighted by molar-refractivity contribution is 0.117. The summed E-state index contributed by atoms with van der Waals surface area (Å²) >= 11 is 0. The third-order valence-corrected chi connectivity index (χ3v) is 4.03. The van der Waals surface area contributed by atoms with Gasteiger partial charge in [0.1, 0.15) is 5.82 Å². The van der Waals surface area contributed by atoms with Crippen molar-refractivity contribution in [1.29, 1.82) is 0 Å². The molecule has 1 saturated heterocycles. The van der Waals surface area contributed by atoms with Crippen LogP contribution >= 0.6 is 24.0 Å². The van der Waals surface area contributed by atoms with Crippen LogP contribution in [0.1, 0.15) is 26.2 Å². The summed E-state index contributed by atoms with van der Waals surface area (Å²) in [4.78, 5) is 6.64. The summed E-state index contributed by atoms with van der Waals surface area (Å²) in [6.45, 7) is 6.12. The van der Waals surface area contributed by atoms with E-state index < -0.39 is 0 Å². The zero-order valence-corrected chi connectivity index (χ0v) is 17.5. The Hall–Kier alpha value is -1.09. The topological polar surface area (TPSA) is 48.9 Å². The molecule has 0 aromatic heterocycles. The Bertz CT molecular complexity index is 524. The van der Waals surface area contributed by atoms with Crippen molar-refractivity contribution >= 4 is 35.6 Å². The van der Waals surface area contributed by atoms with E-state index in [1.54, 1.807) is 12.1 Å². The summed E-state index contributed by atoms with van der Waals surface area (Å²) in [6, 6.07) is 6.68. The van der Waals surface area contributed by atoms with E-state index >= 15 is 0 Å². The van der Waals surface area contributed by atoms with Gasteiger partial charge in [0.25, 0.3) is 0 Å². The van der Waals surface area contributed by atoms with Crippen molar-refractivity contribution in [2.45, 2.75) is 32.3 Å². The molecule has 1 aromatic carbocycles. The van der Waals surface area contributed by atoms with Crippen LogP contribution in [0.3, 0.4) is 0 Å². The second-order valence-electron chi connectivity index (χ2n) is 6.04. The predicted octanol–water partition coefficient (Wildman–Crippen LogP) is 3.00. The predicted molar refractivity (Wildman–Crippen MR) is 113 cm³/mol. The Kier molecular flexibility index (Phi) is 10.8. The van der Waals surface area contributed by atoms with Gasteiger partial charge in [0.05, 0.1) is 12.6 Å². The summed E-state index contributed by atoms with van der Waals surface area (Å²) in [6.07, 6.45) is 3.44. The van der Waals surface area contributed by atoms with Gasteiger partial charge in [-0.25, -0.2) is 4.39 Å². The summed E-state index contributed by atoms with van der Waals surface area (Å²) in [5.41, 5.74) is 0.897. The fourth-order valence-corrected chi connectivity index (χ4v) is 2.69. The van der Waals surface area contributed by atoms with Crippen LogP contribution in [0.4, 0.5) is 10.1 Å². The molecule has 1 aromatic rings. The van der Waals surface area contributed by atoms with E-state index in [1.807, 2.05) is 13.1 Å². The molecule has 5 nitrogen and oxygen atoms in total. The van der Waals surface area contributed by atoms with Crippen molar-refractivity contribution in [3.05, 3.63) is 30.1 Å². The standard InChI is InChI=1S/C18H29FN4O.HI/c1-3-20-18(22-14-17-9-5-12-24-17)21-10-6-11-23(2)16-8-4-7-15(19)13-16;/h4,7-8,13,17H,3,5-6,9-12,14H2,1-2H3,(H2,20,21,22);1H. The molecule has 142 valence electrons. The van der Waals surface area contributed by atoms with E-state index in [2.05, 4.69) is 27.4 Å². The minimum atomic E-state index is -0.201. The smallest absolute Gasteiger partial charge is 0.191 e. The summed E-state index contributed by atoms with van der Waals surface area (Å²) in [5, 5.41) is 6.60. The zero-order chi connectivity index (χ0) is 17.2. The lowest BCUT2D eigenvalue weighted by atomic mass is 10.2. The van der Waals surface area contributed by atoms with Crippen LogP contribution in [-0.4, -0.2) is 51.9 Å². The second-order valence-corrected chi connectivity index (χ2v) is 6.04. The van der Waals surface area contributed by atoms with Crippen LogP contribution in [0.25, 0.3) is 0 Å². The molecular weight excluding hydrogens is 434 g/mol. The number of nitrogens with zero attached hydrogens (tertiary/aromatic N) is 2. The Balaban J connectivity index is 0.00000312. The highest BCUT2D eigenvalue weighted by Gasteiger charge is 2.14. The van der Waals surface area contributed by atoms with Crippen LogP contribution in [0.2, 0.25) is 0 Å². The number of hydrogen-bond acceptors (Lipinski definition) is 3. The molecule has 0 saturated carbocycles. The van der Waals surface area contributed by atoms with Gasteiger partial charge in [0, 0.05) is 39.0 Å². The molecule has 1 heterocycles. The quantitative estimate of drug-likeness (QED) is 0.269. The Morgan fingerprint density at radius 3 is 2.92 bits per heavy atom. The molecule has 0 radical (unpaired) electrons. The number of rotatable bonds is 8. The molecule has 0 amide bonds. The molecule has 7 heteroatoms. The molecule has 0 aliphatic carbocycles. The van der Waals surface area contributed by atoms with Crippen molar-refractivity contribution in [2.75, 3.05) is 44.7 Å². The van der Waals surface area contributed by atoms with Crippen molar-refractivity contribution < 1.29 is 9.13 Å². The minimum Gasteiger partial charge on any atom is -0.376 e. The first kappa shape index (κ1) is 22.0. The van der Waals surface area contributed by atoms with Gasteiger partial charge < -0.3 is 20.3 Å². The fraction of sp³-hybridized carbons (Fsp3) is 0.611. The molecule has 25 heavy (non-hydrogen) atoms. The SMILES string of the molecule is CCNC(=NCC1CCCO1)NCCCN(C)c1cccc(F)c1.I. The highest BCUT2D eigenvalue weighted by molar-refractivity contribution is 14.0. The van der Waals surface area contributed by atoms with E-state index in [0.29, 0.717) is 6.54 Å². The molecule has 2 N–H and O–H groups in total. The Labute approximate surface area is 167 Å². The maximum absolute atomic E-state index is 13.2. The van der Waals surface area contributed by atoms with Crippen LogP contribution < -0.4 is 15.5 Å². The first-order valence-corrected chi connectivity index (χ1v) is 8.79. The van der Waals surface area contributed by atoms with Crippen molar-refractivity contribution in [3.8, 4) is 0 Å². The minimum absolute atomic E-state index is 0. The number of anilines is 1. The van der Waals surface area contributed by atoms with Crippen molar-refractivity contribution in [2.24, 2.45) is 4.99 Å². The molecule has 1 aliphatic heterocycles. The number of nitrogens with one attached hydrogen (secondary N) is 2. The molecule has 1 aliphatic rings. The van der Waals surface area contributed by atoms with Gasteiger partial charge in [-0.2, -0.15) is 0 Å². The van der Waals surface area contributed by atoms with Crippen molar-refractivity contribution in [3.63, 3.8) is 0 Å². The van der Waals surface area contributed by atoms with Gasteiger partial charge in [-0.15, -0.1) is 24.0 Å². The molecule has 1 atom stereocenters. The normalized spacial score (nSPS) is 17.1. The van der Waals surface area contributed by atoms with Gasteiger partial charge >= 0.3 is 0 Å². The zero-order valence-electron chi connectivity index (χ0n) is 15.1. The number of guanidine groups is 1. The summed E-state index contributed by atoms with van der Waals surface area (Å²) < 4.78 is 18.8. The largest absolute Gasteiger partial charge is 0.376 e. The number of ether oxygens (including phenoxy) is 1. The van der Waals surface area contributed by atoms with Gasteiger partial charge in [0.15, 0.2) is 5.96 Å². The molecule has 0 bridgehead atoms. The maximum Gasteiger partial charge on any atom is 0.191 e. The lowest BCUT2D eigenvalue weighted by Crippen LogP contribution is -2.39. The average molecular weight is 464 g/mol.